The molecule has 1 aromatic rings. The number of carbonyl (C=O) groups is 2. The summed E-state index contributed by atoms with van der Waals surface area (Å²) in [5.74, 6) is -0.448. The first-order valence-electron chi connectivity index (χ1n) is 5.69. The number of nitrogens with zero attached hydrogens (tertiary/aromatic N) is 1. The number of hydrogen-bond donors (Lipinski definition) is 1. The maximum atomic E-state index is 12.0. The summed E-state index contributed by atoms with van der Waals surface area (Å²) in [7, 11) is 0. The second kappa shape index (κ2) is 5.57. The lowest BCUT2D eigenvalue weighted by Gasteiger charge is -2.15. The van der Waals surface area contributed by atoms with Gasteiger partial charge in [0.15, 0.2) is 0 Å². The normalized spacial score (nSPS) is 19.2. The summed E-state index contributed by atoms with van der Waals surface area (Å²) in [6.45, 7) is 2.12. The van der Waals surface area contributed by atoms with Crippen molar-refractivity contribution in [3.63, 3.8) is 0 Å². The monoisotopic (exact) mass is 320 g/mol. The molecule has 0 saturated carbocycles. The molecular formula is C12H11Cl3N2O2. The van der Waals surface area contributed by atoms with Gasteiger partial charge in [-0.2, -0.15) is 0 Å². The van der Waals surface area contributed by atoms with Crippen molar-refractivity contribution in [2.45, 2.75) is 19.4 Å². The molecule has 1 aliphatic heterocycles. The average Bonchev–Trinajstić information content (AvgIpc) is 2.61. The molecule has 102 valence electrons. The van der Waals surface area contributed by atoms with Crippen molar-refractivity contribution in [1.29, 1.82) is 0 Å². The summed E-state index contributed by atoms with van der Waals surface area (Å²) < 4.78 is 0. The molecule has 7 heteroatoms. The number of benzene rings is 1. The number of amides is 2. The second-order valence-corrected chi connectivity index (χ2v) is 5.35. The predicted molar refractivity (Wildman–Crippen MR) is 75.9 cm³/mol. The van der Waals surface area contributed by atoms with E-state index in [1.165, 1.54) is 11.0 Å². The van der Waals surface area contributed by atoms with E-state index in [4.69, 9.17) is 34.8 Å². The van der Waals surface area contributed by atoms with Crippen LogP contribution in [0.15, 0.2) is 12.1 Å². The summed E-state index contributed by atoms with van der Waals surface area (Å²) in [5, 5.41) is 3.95. The molecule has 2 amide bonds. The van der Waals surface area contributed by atoms with Crippen LogP contribution in [0.1, 0.15) is 13.3 Å². The molecule has 4 nitrogen and oxygen atoms in total. The number of anilines is 1. The van der Waals surface area contributed by atoms with E-state index in [0.717, 1.165) is 0 Å². The van der Waals surface area contributed by atoms with Gasteiger partial charge in [0.25, 0.3) is 5.91 Å². The lowest BCUT2D eigenvalue weighted by atomic mass is 10.2. The molecule has 1 aliphatic rings. The molecule has 1 fully saturated rings. The van der Waals surface area contributed by atoms with Gasteiger partial charge in [-0.25, -0.2) is 0 Å². The fourth-order valence-corrected chi connectivity index (χ4v) is 2.55. The highest BCUT2D eigenvalue weighted by Crippen LogP contribution is 2.33. The van der Waals surface area contributed by atoms with E-state index in [1.807, 2.05) is 0 Å². The SMILES string of the molecule is CCN1C(=O)CC(Nc2cc(Cl)c(Cl)cc2Cl)C1=O. The Bertz CT molecular complexity index is 548. The fourth-order valence-electron chi connectivity index (χ4n) is 1.95. The zero-order valence-corrected chi connectivity index (χ0v) is 12.3. The second-order valence-electron chi connectivity index (χ2n) is 4.12. The molecule has 1 heterocycles. The lowest BCUT2D eigenvalue weighted by molar-refractivity contribution is -0.138. The van der Waals surface area contributed by atoms with Crippen LogP contribution in [-0.4, -0.2) is 29.3 Å². The molecule has 1 atom stereocenters. The van der Waals surface area contributed by atoms with E-state index in [2.05, 4.69) is 5.32 Å². The maximum absolute atomic E-state index is 12.0. The Morgan fingerprint density at radius 1 is 1.21 bits per heavy atom. The Morgan fingerprint density at radius 2 is 1.84 bits per heavy atom. The number of likely N-dealkylation sites (tertiary alicyclic amines) is 1. The van der Waals surface area contributed by atoms with E-state index in [1.54, 1.807) is 13.0 Å². The highest BCUT2D eigenvalue weighted by atomic mass is 35.5. The highest BCUT2D eigenvalue weighted by Gasteiger charge is 2.37. The van der Waals surface area contributed by atoms with Crippen LogP contribution in [0.5, 0.6) is 0 Å². The number of rotatable bonds is 3. The standard InChI is InChI=1S/C12H11Cl3N2O2/c1-2-17-11(18)5-10(12(17)19)16-9-4-7(14)6(13)3-8(9)15/h3-4,10,16H,2,5H2,1H3. The number of imide groups is 1. The van der Waals surface area contributed by atoms with Crippen molar-refractivity contribution >= 4 is 52.3 Å². The fraction of sp³-hybridized carbons (Fsp3) is 0.333. The molecule has 0 radical (unpaired) electrons. The number of nitrogens with one attached hydrogen (secondary N) is 1. The minimum Gasteiger partial charge on any atom is -0.372 e. The third kappa shape index (κ3) is 2.81. The zero-order chi connectivity index (χ0) is 14.2. The van der Waals surface area contributed by atoms with Gasteiger partial charge in [0.2, 0.25) is 5.91 Å². The van der Waals surface area contributed by atoms with Gasteiger partial charge in [0.1, 0.15) is 6.04 Å². The summed E-state index contributed by atoms with van der Waals surface area (Å²) in [6.07, 6.45) is 0.114. The van der Waals surface area contributed by atoms with Gasteiger partial charge >= 0.3 is 0 Å². The van der Waals surface area contributed by atoms with Gasteiger partial charge < -0.3 is 5.32 Å². The van der Waals surface area contributed by atoms with Gasteiger partial charge in [0, 0.05) is 6.54 Å². The van der Waals surface area contributed by atoms with Crippen LogP contribution < -0.4 is 5.32 Å². The molecule has 0 bridgehead atoms. The van der Waals surface area contributed by atoms with Crippen LogP contribution in [0.2, 0.25) is 15.1 Å². The van der Waals surface area contributed by atoms with Crippen molar-refractivity contribution < 1.29 is 9.59 Å². The first-order valence-corrected chi connectivity index (χ1v) is 6.82. The van der Waals surface area contributed by atoms with Gasteiger partial charge in [0.05, 0.1) is 27.2 Å². The van der Waals surface area contributed by atoms with Gasteiger partial charge in [-0.1, -0.05) is 34.8 Å². The van der Waals surface area contributed by atoms with Gasteiger partial charge in [-0.15, -0.1) is 0 Å². The molecule has 2 rings (SSSR count). The molecule has 0 spiro atoms. The third-order valence-corrected chi connectivity index (χ3v) is 3.93. The maximum Gasteiger partial charge on any atom is 0.252 e. The van der Waals surface area contributed by atoms with Crippen molar-refractivity contribution in [1.82, 2.24) is 4.90 Å². The Kier molecular flexibility index (Phi) is 4.23. The van der Waals surface area contributed by atoms with Crippen LogP contribution in [0.25, 0.3) is 0 Å². The number of likely N-dealkylation sites (N-methyl/N-ethyl adjacent to an activating group) is 1. The van der Waals surface area contributed by atoms with Gasteiger partial charge in [-0.05, 0) is 19.1 Å². The van der Waals surface area contributed by atoms with Crippen LogP contribution in [-0.2, 0) is 9.59 Å². The number of carbonyl (C=O) groups excluding carboxylic acids is 2. The molecule has 0 aliphatic carbocycles. The molecule has 0 aromatic heterocycles. The molecule has 1 unspecified atom stereocenters. The molecule has 1 N–H and O–H groups in total. The Labute approximate surface area is 125 Å². The van der Waals surface area contributed by atoms with E-state index < -0.39 is 6.04 Å². The summed E-state index contributed by atoms with van der Waals surface area (Å²) in [5.41, 5.74) is 0.486. The van der Waals surface area contributed by atoms with Crippen molar-refractivity contribution in [3.05, 3.63) is 27.2 Å². The topological polar surface area (TPSA) is 49.4 Å². The van der Waals surface area contributed by atoms with Crippen LogP contribution in [0.3, 0.4) is 0 Å². The van der Waals surface area contributed by atoms with E-state index in [-0.39, 0.29) is 18.2 Å². The Hall–Kier alpha value is -0.970. The van der Waals surface area contributed by atoms with Crippen LogP contribution >= 0.6 is 34.8 Å². The first kappa shape index (κ1) is 14.4. The third-order valence-electron chi connectivity index (χ3n) is 2.90. The first-order chi connectivity index (χ1) is 8.93. The van der Waals surface area contributed by atoms with Crippen LogP contribution in [0.4, 0.5) is 5.69 Å². The van der Waals surface area contributed by atoms with Crippen molar-refractivity contribution in [3.8, 4) is 0 Å². The van der Waals surface area contributed by atoms with E-state index >= 15 is 0 Å². The predicted octanol–water partition coefficient (Wildman–Crippen LogP) is 3.21. The minimum absolute atomic E-state index is 0.114. The molecule has 1 aromatic carbocycles. The van der Waals surface area contributed by atoms with Crippen molar-refractivity contribution in [2.75, 3.05) is 11.9 Å². The Morgan fingerprint density at radius 3 is 2.42 bits per heavy atom. The number of halogens is 3. The van der Waals surface area contributed by atoms with Gasteiger partial charge in [-0.3, -0.25) is 14.5 Å². The summed E-state index contributed by atoms with van der Waals surface area (Å²) >= 11 is 17.7. The quantitative estimate of drug-likeness (QED) is 0.687. The molecule has 19 heavy (non-hydrogen) atoms. The van der Waals surface area contributed by atoms with E-state index in [0.29, 0.717) is 27.3 Å². The smallest absolute Gasteiger partial charge is 0.252 e. The van der Waals surface area contributed by atoms with Crippen LogP contribution in [0, 0.1) is 0 Å². The Balaban J connectivity index is 2.21. The van der Waals surface area contributed by atoms with E-state index in [9.17, 15) is 9.59 Å². The summed E-state index contributed by atoms with van der Waals surface area (Å²) in [4.78, 5) is 24.8. The largest absolute Gasteiger partial charge is 0.372 e. The summed E-state index contributed by atoms with van der Waals surface area (Å²) in [6, 6.07) is 2.42. The zero-order valence-electron chi connectivity index (χ0n) is 10.0. The lowest BCUT2D eigenvalue weighted by Crippen LogP contribution is -2.34. The molecule has 1 saturated heterocycles. The average molecular weight is 322 g/mol. The minimum atomic E-state index is -0.609. The highest BCUT2D eigenvalue weighted by molar-refractivity contribution is 6.44. The molecular weight excluding hydrogens is 311 g/mol. The number of hydrogen-bond acceptors (Lipinski definition) is 3. The van der Waals surface area contributed by atoms with Crippen molar-refractivity contribution in [2.24, 2.45) is 0 Å².